The fourth-order valence-electron chi connectivity index (χ4n) is 2.00. The summed E-state index contributed by atoms with van der Waals surface area (Å²) in [5.74, 6) is -0.0613. The number of nitrogens with zero attached hydrogens (tertiary/aromatic N) is 1. The van der Waals surface area contributed by atoms with E-state index in [1.54, 1.807) is 12.1 Å². The van der Waals surface area contributed by atoms with Crippen molar-refractivity contribution in [2.45, 2.75) is 13.0 Å². The Morgan fingerprint density at radius 1 is 1.05 bits per heavy atom. The van der Waals surface area contributed by atoms with E-state index in [0.29, 0.717) is 19.5 Å². The van der Waals surface area contributed by atoms with E-state index >= 15 is 0 Å². The van der Waals surface area contributed by atoms with Crippen LogP contribution in [0.5, 0.6) is 0 Å². The molecule has 0 saturated heterocycles. The summed E-state index contributed by atoms with van der Waals surface area (Å²) in [6, 6.07) is 16.4. The predicted molar refractivity (Wildman–Crippen MR) is 80.4 cm³/mol. The number of amidine groups is 1. The van der Waals surface area contributed by atoms with Crippen LogP contribution in [0.15, 0.2) is 54.6 Å². The van der Waals surface area contributed by atoms with E-state index in [1.165, 1.54) is 12.1 Å². The van der Waals surface area contributed by atoms with Crippen LogP contribution in [0.1, 0.15) is 12.0 Å². The molecular formula is C16H18FN3. The smallest absolute Gasteiger partial charge is 0.123 e. The Kier molecular flexibility index (Phi) is 4.71. The van der Waals surface area contributed by atoms with E-state index in [-0.39, 0.29) is 11.7 Å². The molecule has 0 radical (unpaired) electrons. The van der Waals surface area contributed by atoms with Crippen molar-refractivity contribution in [1.29, 1.82) is 5.41 Å². The molecule has 2 aromatic rings. The van der Waals surface area contributed by atoms with Crippen molar-refractivity contribution < 1.29 is 4.39 Å². The molecule has 2 rings (SSSR count). The summed E-state index contributed by atoms with van der Waals surface area (Å²) >= 11 is 0. The van der Waals surface area contributed by atoms with Gasteiger partial charge in [-0.15, -0.1) is 0 Å². The van der Waals surface area contributed by atoms with Crippen LogP contribution in [-0.4, -0.2) is 12.4 Å². The van der Waals surface area contributed by atoms with Gasteiger partial charge < -0.3 is 10.6 Å². The molecule has 0 bridgehead atoms. The lowest BCUT2D eigenvalue weighted by Gasteiger charge is -2.25. The number of rotatable bonds is 6. The molecule has 0 aliphatic rings. The van der Waals surface area contributed by atoms with Gasteiger partial charge in [0, 0.05) is 25.2 Å². The number of nitrogens with one attached hydrogen (secondary N) is 1. The zero-order chi connectivity index (χ0) is 14.4. The minimum atomic E-state index is -0.233. The van der Waals surface area contributed by atoms with E-state index < -0.39 is 0 Å². The highest BCUT2D eigenvalue weighted by atomic mass is 19.1. The van der Waals surface area contributed by atoms with Crippen molar-refractivity contribution in [3.05, 3.63) is 66.0 Å². The van der Waals surface area contributed by atoms with Crippen LogP contribution in [0.2, 0.25) is 0 Å². The molecule has 3 nitrogen and oxygen atoms in total. The van der Waals surface area contributed by atoms with Gasteiger partial charge in [0.15, 0.2) is 0 Å². The van der Waals surface area contributed by atoms with Crippen molar-refractivity contribution in [3.63, 3.8) is 0 Å². The molecule has 0 fully saturated rings. The lowest BCUT2D eigenvalue weighted by atomic mass is 10.2. The van der Waals surface area contributed by atoms with Crippen molar-refractivity contribution in [2.75, 3.05) is 11.4 Å². The SMILES string of the molecule is N=C(N)CCN(Cc1ccc(F)cc1)c1ccccc1. The standard InChI is InChI=1S/C16H18FN3/c17-14-8-6-13(7-9-14)12-20(11-10-16(18)19)15-4-2-1-3-5-15/h1-9H,10-12H2,(H3,18,19). The first-order valence-electron chi connectivity index (χ1n) is 6.52. The lowest BCUT2D eigenvalue weighted by molar-refractivity contribution is 0.626. The highest BCUT2D eigenvalue weighted by molar-refractivity contribution is 5.77. The van der Waals surface area contributed by atoms with Crippen LogP contribution in [0.3, 0.4) is 0 Å². The van der Waals surface area contributed by atoms with E-state index in [1.807, 2.05) is 30.3 Å². The van der Waals surface area contributed by atoms with Gasteiger partial charge in [0.1, 0.15) is 5.82 Å². The Bertz CT molecular complexity index is 552. The number of para-hydroxylation sites is 1. The molecule has 0 aliphatic heterocycles. The number of hydrogen-bond acceptors (Lipinski definition) is 2. The lowest BCUT2D eigenvalue weighted by Crippen LogP contribution is -2.27. The Labute approximate surface area is 118 Å². The molecule has 0 aromatic heterocycles. The maximum absolute atomic E-state index is 12.9. The third kappa shape index (κ3) is 4.09. The van der Waals surface area contributed by atoms with Gasteiger partial charge in [-0.05, 0) is 29.8 Å². The van der Waals surface area contributed by atoms with E-state index in [4.69, 9.17) is 11.1 Å². The van der Waals surface area contributed by atoms with Crippen molar-refractivity contribution in [1.82, 2.24) is 0 Å². The normalized spacial score (nSPS) is 10.2. The third-order valence-electron chi connectivity index (χ3n) is 3.06. The molecule has 0 atom stereocenters. The fourth-order valence-corrected chi connectivity index (χ4v) is 2.00. The van der Waals surface area contributed by atoms with Gasteiger partial charge in [0.05, 0.1) is 5.84 Å². The summed E-state index contributed by atoms with van der Waals surface area (Å²) in [6.07, 6.45) is 0.510. The molecule has 0 spiro atoms. The second-order valence-electron chi connectivity index (χ2n) is 4.66. The molecule has 0 unspecified atom stereocenters. The van der Waals surface area contributed by atoms with E-state index in [0.717, 1.165) is 11.3 Å². The second-order valence-corrected chi connectivity index (χ2v) is 4.66. The first-order chi connectivity index (χ1) is 9.65. The Morgan fingerprint density at radius 2 is 1.70 bits per heavy atom. The average molecular weight is 271 g/mol. The summed E-state index contributed by atoms with van der Waals surface area (Å²) in [4.78, 5) is 2.13. The van der Waals surface area contributed by atoms with Gasteiger partial charge in [-0.25, -0.2) is 4.39 Å². The van der Waals surface area contributed by atoms with E-state index in [9.17, 15) is 4.39 Å². The van der Waals surface area contributed by atoms with Gasteiger partial charge in [-0.3, -0.25) is 5.41 Å². The molecule has 20 heavy (non-hydrogen) atoms. The average Bonchev–Trinajstić information content (AvgIpc) is 2.46. The maximum Gasteiger partial charge on any atom is 0.123 e. The fraction of sp³-hybridized carbons (Fsp3) is 0.188. The summed E-state index contributed by atoms with van der Waals surface area (Å²) in [5.41, 5.74) is 7.53. The van der Waals surface area contributed by atoms with Crippen LogP contribution in [-0.2, 0) is 6.54 Å². The summed E-state index contributed by atoms with van der Waals surface area (Å²) in [5, 5.41) is 7.36. The van der Waals surface area contributed by atoms with Gasteiger partial charge in [0.2, 0.25) is 0 Å². The van der Waals surface area contributed by atoms with Gasteiger partial charge in [-0.2, -0.15) is 0 Å². The van der Waals surface area contributed by atoms with E-state index in [2.05, 4.69) is 4.90 Å². The number of nitrogens with two attached hydrogens (primary N) is 1. The van der Waals surface area contributed by atoms with Crippen LogP contribution in [0.25, 0.3) is 0 Å². The Morgan fingerprint density at radius 3 is 2.30 bits per heavy atom. The minimum absolute atomic E-state index is 0.171. The minimum Gasteiger partial charge on any atom is -0.388 e. The second kappa shape index (κ2) is 6.70. The highest BCUT2D eigenvalue weighted by Crippen LogP contribution is 2.17. The summed E-state index contributed by atoms with van der Waals surface area (Å²) in [7, 11) is 0. The Balaban J connectivity index is 2.13. The quantitative estimate of drug-likeness (QED) is 0.626. The molecule has 0 saturated carbocycles. The van der Waals surface area contributed by atoms with Crippen molar-refractivity contribution >= 4 is 11.5 Å². The van der Waals surface area contributed by atoms with Crippen LogP contribution >= 0.6 is 0 Å². The van der Waals surface area contributed by atoms with Crippen LogP contribution in [0.4, 0.5) is 10.1 Å². The topological polar surface area (TPSA) is 53.1 Å². The maximum atomic E-state index is 12.9. The molecular weight excluding hydrogens is 253 g/mol. The third-order valence-corrected chi connectivity index (χ3v) is 3.06. The first kappa shape index (κ1) is 14.1. The molecule has 2 aromatic carbocycles. The number of anilines is 1. The van der Waals surface area contributed by atoms with Crippen molar-refractivity contribution in [2.24, 2.45) is 5.73 Å². The number of benzene rings is 2. The van der Waals surface area contributed by atoms with Gasteiger partial charge in [-0.1, -0.05) is 30.3 Å². The zero-order valence-electron chi connectivity index (χ0n) is 11.2. The zero-order valence-corrected chi connectivity index (χ0v) is 11.2. The Hall–Kier alpha value is -2.36. The van der Waals surface area contributed by atoms with Gasteiger partial charge >= 0.3 is 0 Å². The molecule has 3 N–H and O–H groups in total. The van der Waals surface area contributed by atoms with Crippen LogP contribution < -0.4 is 10.6 Å². The van der Waals surface area contributed by atoms with Crippen molar-refractivity contribution in [3.8, 4) is 0 Å². The monoisotopic (exact) mass is 271 g/mol. The molecule has 0 aliphatic carbocycles. The highest BCUT2D eigenvalue weighted by Gasteiger charge is 2.07. The molecule has 0 amide bonds. The largest absolute Gasteiger partial charge is 0.388 e. The molecule has 0 heterocycles. The summed E-state index contributed by atoms with van der Waals surface area (Å²) in [6.45, 7) is 1.33. The van der Waals surface area contributed by atoms with Gasteiger partial charge in [0.25, 0.3) is 0 Å². The van der Waals surface area contributed by atoms with Crippen LogP contribution in [0, 0.1) is 11.2 Å². The predicted octanol–water partition coefficient (Wildman–Crippen LogP) is 3.16. The number of hydrogen-bond donors (Lipinski definition) is 2. The molecule has 4 heteroatoms. The first-order valence-corrected chi connectivity index (χ1v) is 6.52. The summed E-state index contributed by atoms with van der Waals surface area (Å²) < 4.78 is 12.9. The number of halogens is 1. The molecule has 104 valence electrons.